The summed E-state index contributed by atoms with van der Waals surface area (Å²) in [6, 6.07) is -1.14. The third-order valence-corrected chi connectivity index (χ3v) is 4.27. The van der Waals surface area contributed by atoms with Crippen LogP contribution >= 0.6 is 0 Å². The summed E-state index contributed by atoms with van der Waals surface area (Å²) in [4.78, 5) is 51.1. The van der Waals surface area contributed by atoms with Crippen LogP contribution in [0.4, 0.5) is 9.59 Å². The highest BCUT2D eigenvalue weighted by atomic mass is 16.2. The minimum Gasteiger partial charge on any atom is -0.315 e. The van der Waals surface area contributed by atoms with E-state index in [0.29, 0.717) is 0 Å². The van der Waals surface area contributed by atoms with Crippen LogP contribution in [0.5, 0.6) is 0 Å². The quantitative estimate of drug-likeness (QED) is 0.765. The molecule has 3 rings (SSSR count). The summed E-state index contributed by atoms with van der Waals surface area (Å²) in [5.74, 6) is -0.711. The molecule has 1 unspecified atom stereocenters. The van der Waals surface area contributed by atoms with E-state index in [9.17, 15) is 19.2 Å². The van der Waals surface area contributed by atoms with Gasteiger partial charge in [-0.05, 0) is 12.8 Å². The number of carbonyl (C=O) groups is 4. The zero-order valence-corrected chi connectivity index (χ0v) is 12.6. The predicted molar refractivity (Wildman–Crippen MR) is 74.7 cm³/mol. The van der Waals surface area contributed by atoms with Crippen molar-refractivity contribution in [1.82, 2.24) is 20.1 Å². The largest absolute Gasteiger partial charge is 0.338 e. The van der Waals surface area contributed by atoms with Crippen molar-refractivity contribution in [1.29, 1.82) is 0 Å². The average molecular weight is 307 g/mol. The first-order chi connectivity index (χ1) is 10.3. The van der Waals surface area contributed by atoms with E-state index in [-0.39, 0.29) is 24.0 Å². The minimum absolute atomic E-state index is 0.0618. The number of fused-ring (bicyclic) bond motifs is 1. The molecule has 0 radical (unpaired) electrons. The van der Waals surface area contributed by atoms with Crippen molar-refractivity contribution >= 4 is 29.6 Å². The van der Waals surface area contributed by atoms with Crippen molar-refractivity contribution in [3.8, 4) is 0 Å². The van der Waals surface area contributed by atoms with Gasteiger partial charge in [0, 0.05) is 33.5 Å². The van der Waals surface area contributed by atoms with Gasteiger partial charge >= 0.3 is 12.1 Å². The molecule has 0 aromatic carbocycles. The van der Waals surface area contributed by atoms with Gasteiger partial charge in [0.15, 0.2) is 11.4 Å². The Labute approximate surface area is 126 Å². The second-order valence-electron chi connectivity index (χ2n) is 5.91. The van der Waals surface area contributed by atoms with Crippen molar-refractivity contribution in [3.63, 3.8) is 0 Å². The number of imide groups is 1. The van der Waals surface area contributed by atoms with Crippen molar-refractivity contribution in [3.05, 3.63) is 0 Å². The van der Waals surface area contributed by atoms with Crippen molar-refractivity contribution in [2.45, 2.75) is 24.8 Å². The Morgan fingerprint density at radius 1 is 1.23 bits per heavy atom. The fraction of sp³-hybridized carbons (Fsp3) is 0.615. The fourth-order valence-corrected chi connectivity index (χ4v) is 2.79. The van der Waals surface area contributed by atoms with Gasteiger partial charge < -0.3 is 5.32 Å². The molecule has 1 saturated carbocycles. The highest BCUT2D eigenvalue weighted by molar-refractivity contribution is 6.27. The first-order valence-corrected chi connectivity index (χ1v) is 7.01. The van der Waals surface area contributed by atoms with Crippen molar-refractivity contribution in [2.24, 2.45) is 11.0 Å². The molecule has 2 fully saturated rings. The lowest BCUT2D eigenvalue weighted by atomic mass is 9.85. The molecule has 1 atom stereocenters. The molecule has 0 aromatic heterocycles. The number of Topliss-reactive ketones (excluding diaryl/α,β-unsaturated/α-hetero) is 1. The highest BCUT2D eigenvalue weighted by Gasteiger charge is 2.58. The molecule has 5 amide bonds. The molecule has 9 nitrogen and oxygen atoms in total. The predicted octanol–water partition coefficient (Wildman–Crippen LogP) is -0.413. The standard InChI is InChI=1S/C13H17N5O4/c1-16-9-13(6-8(19)7-4-5-7,10(20)17(2)12(16)22)14-11(21)18(3)15-9/h7H,4-6H2,1-3H3,(H,14,21). The summed E-state index contributed by atoms with van der Waals surface area (Å²) < 4.78 is 0. The molecule has 0 spiro atoms. The second-order valence-corrected chi connectivity index (χ2v) is 5.91. The molecule has 0 aromatic rings. The maximum absolute atomic E-state index is 12.7. The Kier molecular flexibility index (Phi) is 2.98. The number of nitrogens with one attached hydrogen (secondary N) is 1. The van der Waals surface area contributed by atoms with E-state index < -0.39 is 23.5 Å². The molecule has 3 aliphatic rings. The molecule has 1 aliphatic carbocycles. The van der Waals surface area contributed by atoms with Gasteiger partial charge in [0.05, 0.1) is 0 Å². The third-order valence-electron chi connectivity index (χ3n) is 4.27. The van der Waals surface area contributed by atoms with Crippen LogP contribution in [0.3, 0.4) is 0 Å². The molecular weight excluding hydrogens is 290 g/mol. The molecule has 9 heteroatoms. The van der Waals surface area contributed by atoms with Crippen LogP contribution < -0.4 is 5.32 Å². The number of ketones is 1. The number of hydrazone groups is 1. The Bertz CT molecular complexity index is 626. The van der Waals surface area contributed by atoms with E-state index in [2.05, 4.69) is 10.4 Å². The molecule has 2 heterocycles. The third kappa shape index (κ3) is 1.88. The van der Waals surface area contributed by atoms with Crippen LogP contribution in [0.25, 0.3) is 0 Å². The summed E-state index contributed by atoms with van der Waals surface area (Å²) >= 11 is 0. The number of amides is 5. The Morgan fingerprint density at radius 2 is 1.86 bits per heavy atom. The lowest BCUT2D eigenvalue weighted by Gasteiger charge is -2.46. The normalized spacial score (nSPS) is 28.4. The van der Waals surface area contributed by atoms with E-state index in [1.807, 2.05) is 0 Å². The zero-order valence-electron chi connectivity index (χ0n) is 12.6. The summed E-state index contributed by atoms with van der Waals surface area (Å²) in [6.45, 7) is 0. The van der Waals surface area contributed by atoms with E-state index in [0.717, 1.165) is 22.8 Å². The maximum Gasteiger partial charge on any atom is 0.338 e. The van der Waals surface area contributed by atoms with Gasteiger partial charge in [-0.2, -0.15) is 5.10 Å². The van der Waals surface area contributed by atoms with Crippen LogP contribution in [0, 0.1) is 5.92 Å². The first-order valence-electron chi connectivity index (χ1n) is 7.01. The second kappa shape index (κ2) is 4.52. The van der Waals surface area contributed by atoms with Crippen LogP contribution in [0.15, 0.2) is 5.10 Å². The minimum atomic E-state index is -1.60. The van der Waals surface area contributed by atoms with Crippen LogP contribution in [-0.2, 0) is 9.59 Å². The Morgan fingerprint density at radius 3 is 2.45 bits per heavy atom. The summed E-state index contributed by atoms with van der Waals surface area (Å²) in [5.41, 5.74) is -1.60. The van der Waals surface area contributed by atoms with Gasteiger partial charge in [-0.15, -0.1) is 0 Å². The Balaban J connectivity index is 2.08. The Hall–Kier alpha value is -2.45. The number of urea groups is 2. The number of likely N-dealkylation sites (N-methyl/N-ethyl adjacent to an activating group) is 2. The van der Waals surface area contributed by atoms with Crippen molar-refractivity contribution < 1.29 is 19.2 Å². The van der Waals surface area contributed by atoms with Gasteiger partial charge in [0.25, 0.3) is 5.91 Å². The zero-order chi connectivity index (χ0) is 16.2. The number of nitrogens with zero attached hydrogens (tertiary/aromatic N) is 4. The number of hydrogen-bond donors (Lipinski definition) is 1. The lowest BCUT2D eigenvalue weighted by molar-refractivity contribution is -0.136. The SMILES string of the molecule is CN1N=C2N(C)C(=O)N(C)C(=O)C2(CC(=O)C2CC2)NC1=O. The maximum atomic E-state index is 12.7. The summed E-state index contributed by atoms with van der Waals surface area (Å²) in [5, 5.41) is 7.64. The number of hydrogen-bond acceptors (Lipinski definition) is 5. The average Bonchev–Trinajstić information content (AvgIpc) is 3.31. The summed E-state index contributed by atoms with van der Waals surface area (Å²) in [6.07, 6.45) is 1.42. The van der Waals surface area contributed by atoms with E-state index >= 15 is 0 Å². The van der Waals surface area contributed by atoms with Crippen molar-refractivity contribution in [2.75, 3.05) is 21.1 Å². The fourth-order valence-electron chi connectivity index (χ4n) is 2.79. The smallest absolute Gasteiger partial charge is 0.315 e. The molecule has 0 bridgehead atoms. The van der Waals surface area contributed by atoms with E-state index in [1.54, 1.807) is 0 Å². The van der Waals surface area contributed by atoms with Gasteiger partial charge in [-0.3, -0.25) is 19.4 Å². The molecule has 1 saturated heterocycles. The van der Waals surface area contributed by atoms with Gasteiger partial charge in [-0.25, -0.2) is 14.6 Å². The molecule has 22 heavy (non-hydrogen) atoms. The number of amidine groups is 1. The topological polar surface area (TPSA) is 102 Å². The highest BCUT2D eigenvalue weighted by Crippen LogP contribution is 2.35. The van der Waals surface area contributed by atoms with Gasteiger partial charge in [0.1, 0.15) is 5.78 Å². The summed E-state index contributed by atoms with van der Waals surface area (Å²) in [7, 11) is 4.20. The monoisotopic (exact) mass is 307 g/mol. The molecular formula is C13H17N5O4. The van der Waals surface area contributed by atoms with Gasteiger partial charge in [-0.1, -0.05) is 0 Å². The van der Waals surface area contributed by atoms with E-state index in [4.69, 9.17) is 0 Å². The number of rotatable bonds is 3. The van der Waals surface area contributed by atoms with Crippen LogP contribution in [0.2, 0.25) is 0 Å². The van der Waals surface area contributed by atoms with Crippen LogP contribution in [0.1, 0.15) is 19.3 Å². The first kappa shape index (κ1) is 14.5. The number of carbonyl (C=O) groups excluding carboxylic acids is 4. The molecule has 118 valence electrons. The van der Waals surface area contributed by atoms with Gasteiger partial charge in [0.2, 0.25) is 0 Å². The van der Waals surface area contributed by atoms with E-state index in [1.165, 1.54) is 26.0 Å². The molecule has 1 N–H and O–H groups in total. The molecule has 2 aliphatic heterocycles. The van der Waals surface area contributed by atoms with Crippen LogP contribution in [-0.4, -0.2) is 71.1 Å². The lowest BCUT2D eigenvalue weighted by Crippen LogP contribution is -2.76.